The van der Waals surface area contributed by atoms with Crippen molar-refractivity contribution >= 4 is 11.8 Å². The van der Waals surface area contributed by atoms with Crippen molar-refractivity contribution in [2.75, 3.05) is 18.2 Å². The van der Waals surface area contributed by atoms with Crippen molar-refractivity contribution in [1.82, 2.24) is 0 Å². The molecule has 9 heavy (non-hydrogen) atoms. The summed E-state index contributed by atoms with van der Waals surface area (Å²) in [6.07, 6.45) is 0.679. The van der Waals surface area contributed by atoms with Gasteiger partial charge in [0.1, 0.15) is 0 Å². The van der Waals surface area contributed by atoms with Gasteiger partial charge in [-0.15, -0.1) is 0 Å². The summed E-state index contributed by atoms with van der Waals surface area (Å²) in [5.41, 5.74) is 1.17. The minimum atomic E-state index is -0.191. The van der Waals surface area contributed by atoms with Crippen molar-refractivity contribution in [2.45, 2.75) is 13.3 Å². The van der Waals surface area contributed by atoms with E-state index in [0.717, 1.165) is 11.5 Å². The molecule has 0 aliphatic heterocycles. The average Bonchev–Trinajstić information content (AvgIpc) is 1.80. The van der Waals surface area contributed by atoms with E-state index in [1.807, 2.05) is 6.92 Å². The summed E-state index contributed by atoms with van der Waals surface area (Å²) >= 11 is 1.75. The maximum atomic E-state index is 11.5. The first-order valence-electron chi connectivity index (χ1n) is 3.05. The molecule has 0 atom stereocenters. The van der Waals surface area contributed by atoms with Crippen LogP contribution >= 0.6 is 11.8 Å². The van der Waals surface area contributed by atoms with Crippen LogP contribution in [0.25, 0.3) is 0 Å². The van der Waals surface area contributed by atoms with Gasteiger partial charge in [-0.1, -0.05) is 12.2 Å². The van der Waals surface area contributed by atoms with E-state index in [9.17, 15) is 4.39 Å². The third-order valence-corrected chi connectivity index (χ3v) is 2.05. The minimum absolute atomic E-state index is 0.191. The Hall–Kier alpha value is 0.0200. The number of hydrogen-bond donors (Lipinski definition) is 0. The molecule has 0 amide bonds. The van der Waals surface area contributed by atoms with Gasteiger partial charge in [0.15, 0.2) is 0 Å². The summed E-state index contributed by atoms with van der Waals surface area (Å²) in [7, 11) is 0. The standard InChI is InChI=1S/C7H13FS/c1-7(2)6-9-5-3-4-8/h1,3-6H2,2H3. The highest BCUT2D eigenvalue weighted by atomic mass is 32.2. The van der Waals surface area contributed by atoms with E-state index in [2.05, 4.69) is 6.58 Å². The zero-order valence-electron chi connectivity index (χ0n) is 5.82. The highest BCUT2D eigenvalue weighted by Crippen LogP contribution is 2.06. The quantitative estimate of drug-likeness (QED) is 0.426. The van der Waals surface area contributed by atoms with E-state index in [0.29, 0.717) is 6.42 Å². The van der Waals surface area contributed by atoms with Crippen LogP contribution in [0.3, 0.4) is 0 Å². The van der Waals surface area contributed by atoms with Crippen LogP contribution in [-0.4, -0.2) is 18.2 Å². The topological polar surface area (TPSA) is 0 Å². The molecule has 0 radical (unpaired) electrons. The third kappa shape index (κ3) is 8.02. The lowest BCUT2D eigenvalue weighted by Crippen LogP contribution is -1.84. The van der Waals surface area contributed by atoms with Gasteiger partial charge in [0, 0.05) is 5.75 Å². The van der Waals surface area contributed by atoms with Crippen LogP contribution in [0.5, 0.6) is 0 Å². The average molecular weight is 148 g/mol. The Morgan fingerprint density at radius 2 is 2.33 bits per heavy atom. The molecule has 0 aromatic carbocycles. The van der Waals surface area contributed by atoms with E-state index in [4.69, 9.17) is 0 Å². The number of halogens is 1. The van der Waals surface area contributed by atoms with Crippen molar-refractivity contribution in [1.29, 1.82) is 0 Å². The fourth-order valence-electron chi connectivity index (χ4n) is 0.403. The summed E-state index contributed by atoms with van der Waals surface area (Å²) < 4.78 is 11.5. The monoisotopic (exact) mass is 148 g/mol. The van der Waals surface area contributed by atoms with Crippen LogP contribution in [0.15, 0.2) is 12.2 Å². The van der Waals surface area contributed by atoms with E-state index in [1.165, 1.54) is 5.57 Å². The van der Waals surface area contributed by atoms with Gasteiger partial charge >= 0.3 is 0 Å². The number of hydrogen-bond acceptors (Lipinski definition) is 1. The third-order valence-electron chi connectivity index (χ3n) is 0.771. The summed E-state index contributed by atoms with van der Waals surface area (Å²) in [5.74, 6) is 1.89. The molecule has 0 aliphatic rings. The van der Waals surface area contributed by atoms with E-state index in [1.54, 1.807) is 11.8 Å². The van der Waals surface area contributed by atoms with E-state index < -0.39 is 0 Å². The van der Waals surface area contributed by atoms with Gasteiger partial charge in [0.05, 0.1) is 6.67 Å². The largest absolute Gasteiger partial charge is 0.251 e. The summed E-state index contributed by atoms with van der Waals surface area (Å²) in [6, 6.07) is 0. The molecule has 0 unspecified atom stereocenters. The van der Waals surface area contributed by atoms with Crippen LogP contribution in [0.2, 0.25) is 0 Å². The number of rotatable bonds is 5. The van der Waals surface area contributed by atoms with Gasteiger partial charge in [-0.3, -0.25) is 4.39 Å². The molecule has 0 spiro atoms. The molecule has 0 saturated carbocycles. The zero-order chi connectivity index (χ0) is 7.11. The first kappa shape index (κ1) is 9.02. The van der Waals surface area contributed by atoms with Crippen molar-refractivity contribution in [3.63, 3.8) is 0 Å². The Bertz CT molecular complexity index is 81.0. The lowest BCUT2D eigenvalue weighted by atomic mass is 10.4. The molecule has 0 saturated heterocycles. The molecule has 0 aromatic heterocycles. The van der Waals surface area contributed by atoms with Gasteiger partial charge in [-0.25, -0.2) is 0 Å². The lowest BCUT2D eigenvalue weighted by molar-refractivity contribution is 0.489. The van der Waals surface area contributed by atoms with Crippen LogP contribution in [0.1, 0.15) is 13.3 Å². The zero-order valence-corrected chi connectivity index (χ0v) is 6.64. The molecule has 54 valence electrons. The van der Waals surface area contributed by atoms with Gasteiger partial charge in [0.25, 0.3) is 0 Å². The molecule has 0 N–H and O–H groups in total. The lowest BCUT2D eigenvalue weighted by Gasteiger charge is -1.96. The van der Waals surface area contributed by atoms with Crippen molar-refractivity contribution in [3.05, 3.63) is 12.2 Å². The van der Waals surface area contributed by atoms with E-state index in [-0.39, 0.29) is 6.67 Å². The molecule has 0 heterocycles. The molecular formula is C7H13FS. The summed E-state index contributed by atoms with van der Waals surface area (Å²) in [6.45, 7) is 5.54. The Kier molecular flexibility index (Phi) is 6.16. The Labute approximate surface area is 60.5 Å². The molecular weight excluding hydrogens is 135 g/mol. The molecule has 0 aliphatic carbocycles. The van der Waals surface area contributed by atoms with E-state index >= 15 is 0 Å². The molecule has 2 heteroatoms. The maximum Gasteiger partial charge on any atom is 0.0902 e. The Morgan fingerprint density at radius 3 is 2.78 bits per heavy atom. The first-order chi connectivity index (χ1) is 4.27. The molecule has 0 rings (SSSR count). The Balaban J connectivity index is 2.83. The maximum absolute atomic E-state index is 11.5. The Morgan fingerprint density at radius 1 is 1.67 bits per heavy atom. The van der Waals surface area contributed by atoms with Crippen LogP contribution in [0, 0.1) is 0 Å². The van der Waals surface area contributed by atoms with Gasteiger partial charge in [0.2, 0.25) is 0 Å². The highest BCUT2D eigenvalue weighted by molar-refractivity contribution is 7.99. The smallest absolute Gasteiger partial charge is 0.0902 e. The van der Waals surface area contributed by atoms with Gasteiger partial charge in [-0.05, 0) is 19.1 Å². The molecule has 0 aromatic rings. The van der Waals surface area contributed by atoms with Crippen molar-refractivity contribution in [3.8, 4) is 0 Å². The molecule has 0 nitrogen and oxygen atoms in total. The SMILES string of the molecule is C=C(C)CSCCCF. The normalized spacial score (nSPS) is 9.56. The second-order valence-corrected chi connectivity index (χ2v) is 3.16. The van der Waals surface area contributed by atoms with Crippen molar-refractivity contribution in [2.24, 2.45) is 0 Å². The second-order valence-electron chi connectivity index (χ2n) is 2.05. The summed E-state index contributed by atoms with van der Waals surface area (Å²) in [5, 5.41) is 0. The number of thioether (sulfide) groups is 1. The first-order valence-corrected chi connectivity index (χ1v) is 4.21. The van der Waals surface area contributed by atoms with Crippen LogP contribution < -0.4 is 0 Å². The second kappa shape index (κ2) is 6.14. The van der Waals surface area contributed by atoms with Crippen LogP contribution in [-0.2, 0) is 0 Å². The van der Waals surface area contributed by atoms with Crippen LogP contribution in [0.4, 0.5) is 4.39 Å². The fourth-order valence-corrected chi connectivity index (χ4v) is 1.21. The number of alkyl halides is 1. The molecule has 0 fully saturated rings. The van der Waals surface area contributed by atoms with Crippen molar-refractivity contribution < 1.29 is 4.39 Å². The predicted molar refractivity (Wildman–Crippen MR) is 42.7 cm³/mol. The molecule has 0 bridgehead atoms. The predicted octanol–water partition coefficient (Wildman–Crippen LogP) is 2.66. The highest BCUT2D eigenvalue weighted by Gasteiger charge is 1.87. The summed E-state index contributed by atoms with van der Waals surface area (Å²) in [4.78, 5) is 0. The minimum Gasteiger partial charge on any atom is -0.251 e. The van der Waals surface area contributed by atoms with Gasteiger partial charge < -0.3 is 0 Å². The fraction of sp³-hybridized carbons (Fsp3) is 0.714. The van der Waals surface area contributed by atoms with Gasteiger partial charge in [-0.2, -0.15) is 11.8 Å².